The third kappa shape index (κ3) is 3.31. The van der Waals surface area contributed by atoms with Crippen molar-refractivity contribution < 1.29 is 19.5 Å². The maximum absolute atomic E-state index is 12.7. The smallest absolute Gasteiger partial charge is 0.329 e. The van der Waals surface area contributed by atoms with E-state index in [2.05, 4.69) is 5.32 Å². The number of likely N-dealkylation sites (tertiary alicyclic amines) is 1. The molecular formula is C20H20N2O4. The van der Waals surface area contributed by atoms with E-state index in [1.165, 1.54) is 4.90 Å². The standard InChI is InChI=1S/C20H20N2O4/c1-20(19(25)26)12-5-13-22(20)18(24)15-8-10-16(11-9-15)21-17(23)14-6-3-2-4-7-14/h2-4,6-11H,5,12-13H2,1H3,(H,21,23)(H,25,26). The van der Waals surface area contributed by atoms with Crippen LogP contribution in [0.5, 0.6) is 0 Å². The quantitative estimate of drug-likeness (QED) is 0.885. The van der Waals surface area contributed by atoms with Crippen LogP contribution in [0.4, 0.5) is 5.69 Å². The molecular weight excluding hydrogens is 332 g/mol. The molecule has 0 spiro atoms. The average molecular weight is 352 g/mol. The molecule has 1 fully saturated rings. The topological polar surface area (TPSA) is 86.7 Å². The lowest BCUT2D eigenvalue weighted by Gasteiger charge is -2.31. The van der Waals surface area contributed by atoms with Crippen LogP contribution in [-0.4, -0.2) is 39.9 Å². The first kappa shape index (κ1) is 17.7. The monoisotopic (exact) mass is 352 g/mol. The Morgan fingerprint density at radius 3 is 2.27 bits per heavy atom. The zero-order valence-corrected chi connectivity index (χ0v) is 14.4. The summed E-state index contributed by atoms with van der Waals surface area (Å²) in [5.41, 5.74) is 0.342. The number of carboxylic acids is 1. The fourth-order valence-electron chi connectivity index (χ4n) is 3.16. The summed E-state index contributed by atoms with van der Waals surface area (Å²) >= 11 is 0. The summed E-state index contributed by atoms with van der Waals surface area (Å²) in [6, 6.07) is 15.3. The van der Waals surface area contributed by atoms with E-state index in [-0.39, 0.29) is 11.8 Å². The van der Waals surface area contributed by atoms with Crippen molar-refractivity contribution >= 4 is 23.5 Å². The lowest BCUT2D eigenvalue weighted by molar-refractivity contribution is -0.147. The van der Waals surface area contributed by atoms with E-state index < -0.39 is 11.5 Å². The highest BCUT2D eigenvalue weighted by atomic mass is 16.4. The fraction of sp³-hybridized carbons (Fsp3) is 0.250. The molecule has 3 rings (SSSR count). The Kier molecular flexibility index (Phi) is 4.75. The molecule has 1 aliphatic rings. The van der Waals surface area contributed by atoms with E-state index in [0.29, 0.717) is 36.2 Å². The zero-order valence-electron chi connectivity index (χ0n) is 14.4. The number of hydrogen-bond donors (Lipinski definition) is 2. The fourth-order valence-corrected chi connectivity index (χ4v) is 3.16. The Morgan fingerprint density at radius 2 is 1.65 bits per heavy atom. The second-order valence-electron chi connectivity index (χ2n) is 6.54. The third-order valence-corrected chi connectivity index (χ3v) is 4.77. The number of nitrogens with zero attached hydrogens (tertiary/aromatic N) is 1. The van der Waals surface area contributed by atoms with Crippen molar-refractivity contribution in [3.05, 3.63) is 65.7 Å². The number of carbonyl (C=O) groups excluding carboxylic acids is 2. The summed E-state index contributed by atoms with van der Waals surface area (Å²) in [4.78, 5) is 37.8. The summed E-state index contributed by atoms with van der Waals surface area (Å²) in [6.07, 6.45) is 1.11. The molecule has 0 bridgehead atoms. The van der Waals surface area contributed by atoms with Gasteiger partial charge in [-0.1, -0.05) is 18.2 Å². The van der Waals surface area contributed by atoms with Gasteiger partial charge in [0.1, 0.15) is 5.54 Å². The van der Waals surface area contributed by atoms with Gasteiger partial charge in [-0.2, -0.15) is 0 Å². The molecule has 1 heterocycles. The van der Waals surface area contributed by atoms with Crippen LogP contribution in [0.25, 0.3) is 0 Å². The maximum Gasteiger partial charge on any atom is 0.329 e. The molecule has 0 aromatic heterocycles. The Labute approximate surface area is 151 Å². The molecule has 1 unspecified atom stereocenters. The molecule has 0 radical (unpaired) electrons. The van der Waals surface area contributed by atoms with Gasteiger partial charge in [0.25, 0.3) is 11.8 Å². The van der Waals surface area contributed by atoms with Gasteiger partial charge in [-0.3, -0.25) is 9.59 Å². The summed E-state index contributed by atoms with van der Waals surface area (Å²) in [5.74, 6) is -1.54. The van der Waals surface area contributed by atoms with Crippen molar-refractivity contribution in [3.63, 3.8) is 0 Å². The molecule has 26 heavy (non-hydrogen) atoms. The Hall–Kier alpha value is -3.15. The molecule has 2 aromatic carbocycles. The summed E-state index contributed by atoms with van der Waals surface area (Å²) in [6.45, 7) is 2.00. The van der Waals surface area contributed by atoms with Gasteiger partial charge in [0, 0.05) is 23.4 Å². The minimum atomic E-state index is -1.17. The first-order valence-corrected chi connectivity index (χ1v) is 8.44. The highest BCUT2D eigenvalue weighted by molar-refractivity contribution is 6.04. The zero-order chi connectivity index (χ0) is 18.7. The van der Waals surface area contributed by atoms with Crippen molar-refractivity contribution in [2.24, 2.45) is 0 Å². The second-order valence-corrected chi connectivity index (χ2v) is 6.54. The van der Waals surface area contributed by atoms with Crippen LogP contribution in [0.1, 0.15) is 40.5 Å². The van der Waals surface area contributed by atoms with Crippen LogP contribution >= 0.6 is 0 Å². The molecule has 2 aromatic rings. The van der Waals surface area contributed by atoms with Crippen molar-refractivity contribution in [2.45, 2.75) is 25.3 Å². The molecule has 1 aliphatic heterocycles. The van der Waals surface area contributed by atoms with Gasteiger partial charge in [0.15, 0.2) is 0 Å². The first-order valence-electron chi connectivity index (χ1n) is 8.44. The first-order chi connectivity index (χ1) is 12.4. The Morgan fingerprint density at radius 1 is 1.00 bits per heavy atom. The number of hydrogen-bond acceptors (Lipinski definition) is 3. The molecule has 2 N–H and O–H groups in total. The number of nitrogens with one attached hydrogen (secondary N) is 1. The predicted molar refractivity (Wildman–Crippen MR) is 97.1 cm³/mol. The molecule has 134 valence electrons. The molecule has 6 nitrogen and oxygen atoms in total. The molecule has 1 atom stereocenters. The van der Waals surface area contributed by atoms with Crippen molar-refractivity contribution in [2.75, 3.05) is 11.9 Å². The maximum atomic E-state index is 12.7. The van der Waals surface area contributed by atoms with E-state index in [4.69, 9.17) is 0 Å². The van der Waals surface area contributed by atoms with E-state index >= 15 is 0 Å². The summed E-state index contributed by atoms with van der Waals surface area (Å²) < 4.78 is 0. The second kappa shape index (κ2) is 7.00. The van der Waals surface area contributed by atoms with Crippen LogP contribution in [-0.2, 0) is 4.79 Å². The van der Waals surface area contributed by atoms with Gasteiger partial charge in [-0.05, 0) is 56.2 Å². The van der Waals surface area contributed by atoms with Crippen LogP contribution in [0.3, 0.4) is 0 Å². The number of carbonyl (C=O) groups is 3. The molecule has 6 heteroatoms. The van der Waals surface area contributed by atoms with Crippen molar-refractivity contribution in [3.8, 4) is 0 Å². The number of amides is 2. The van der Waals surface area contributed by atoms with Crippen LogP contribution in [0.2, 0.25) is 0 Å². The number of anilines is 1. The van der Waals surface area contributed by atoms with E-state index in [9.17, 15) is 19.5 Å². The van der Waals surface area contributed by atoms with Crippen molar-refractivity contribution in [1.82, 2.24) is 4.90 Å². The minimum absolute atomic E-state index is 0.234. The van der Waals surface area contributed by atoms with Gasteiger partial charge >= 0.3 is 5.97 Å². The Bertz CT molecular complexity index is 833. The van der Waals surface area contributed by atoms with Gasteiger partial charge in [0.2, 0.25) is 0 Å². The SMILES string of the molecule is CC1(C(=O)O)CCCN1C(=O)c1ccc(NC(=O)c2ccccc2)cc1. The predicted octanol–water partition coefficient (Wildman–Crippen LogP) is 3.02. The van der Waals surface area contributed by atoms with Crippen molar-refractivity contribution in [1.29, 1.82) is 0 Å². The Balaban J connectivity index is 1.72. The van der Waals surface area contributed by atoms with E-state index in [1.54, 1.807) is 55.5 Å². The number of benzene rings is 2. The van der Waals surface area contributed by atoms with E-state index in [0.717, 1.165) is 0 Å². The normalized spacial score (nSPS) is 19.2. The molecule has 1 saturated heterocycles. The third-order valence-electron chi connectivity index (χ3n) is 4.77. The number of rotatable bonds is 4. The molecule has 0 saturated carbocycles. The van der Waals surface area contributed by atoms with Crippen LogP contribution in [0, 0.1) is 0 Å². The van der Waals surface area contributed by atoms with Crippen LogP contribution < -0.4 is 5.32 Å². The average Bonchev–Trinajstić information content (AvgIpc) is 3.05. The highest BCUT2D eigenvalue weighted by Gasteiger charge is 2.46. The summed E-state index contributed by atoms with van der Waals surface area (Å²) in [5, 5.41) is 12.2. The largest absolute Gasteiger partial charge is 0.480 e. The minimum Gasteiger partial charge on any atom is -0.480 e. The highest BCUT2D eigenvalue weighted by Crippen LogP contribution is 2.31. The van der Waals surface area contributed by atoms with Crippen LogP contribution in [0.15, 0.2) is 54.6 Å². The molecule has 2 amide bonds. The number of aliphatic carboxylic acids is 1. The summed E-state index contributed by atoms with van der Waals surface area (Å²) in [7, 11) is 0. The van der Waals surface area contributed by atoms with E-state index in [1.807, 2.05) is 6.07 Å². The van der Waals surface area contributed by atoms with Gasteiger partial charge in [0.05, 0.1) is 0 Å². The lowest BCUT2D eigenvalue weighted by atomic mass is 9.98. The van der Waals surface area contributed by atoms with Gasteiger partial charge < -0.3 is 15.3 Å². The van der Waals surface area contributed by atoms with Gasteiger partial charge in [-0.15, -0.1) is 0 Å². The number of carboxylic acid groups (broad SMARTS) is 1. The molecule has 0 aliphatic carbocycles. The lowest BCUT2D eigenvalue weighted by Crippen LogP contribution is -2.50. The van der Waals surface area contributed by atoms with Gasteiger partial charge in [-0.25, -0.2) is 4.79 Å².